The van der Waals surface area contributed by atoms with Gasteiger partial charge in [-0.1, -0.05) is 23.7 Å². The Balaban J connectivity index is 1.52. The van der Waals surface area contributed by atoms with Gasteiger partial charge in [-0.2, -0.15) is 0 Å². The Bertz CT molecular complexity index is 1190. The molecule has 0 saturated heterocycles. The second-order valence-corrected chi connectivity index (χ2v) is 7.93. The third-order valence-electron chi connectivity index (χ3n) is 5.54. The Hall–Kier alpha value is -3.32. The third-order valence-corrected chi connectivity index (χ3v) is 5.87. The highest BCUT2D eigenvalue weighted by Crippen LogP contribution is 2.29. The maximum absolute atomic E-state index is 13.0. The van der Waals surface area contributed by atoms with Crippen LogP contribution >= 0.6 is 11.6 Å². The zero-order chi connectivity index (χ0) is 22.1. The van der Waals surface area contributed by atoms with Crippen molar-refractivity contribution in [3.05, 3.63) is 69.9 Å². The summed E-state index contributed by atoms with van der Waals surface area (Å²) in [6.45, 7) is 2.59. The molecule has 1 aromatic heterocycles. The molecular weight excluding hydrogens is 418 g/mol. The summed E-state index contributed by atoms with van der Waals surface area (Å²) in [7, 11) is 1.35. The van der Waals surface area contributed by atoms with E-state index in [9.17, 15) is 14.4 Å². The number of nitrogens with zero attached hydrogens (tertiary/aromatic N) is 1. The first-order chi connectivity index (χ1) is 14.9. The second kappa shape index (κ2) is 8.43. The number of carbonyl (C=O) groups excluding carboxylic acids is 3. The highest BCUT2D eigenvalue weighted by atomic mass is 35.5. The van der Waals surface area contributed by atoms with Gasteiger partial charge in [-0.3, -0.25) is 9.59 Å². The van der Waals surface area contributed by atoms with Crippen LogP contribution in [-0.2, 0) is 22.5 Å². The van der Waals surface area contributed by atoms with Gasteiger partial charge >= 0.3 is 5.97 Å². The molecule has 2 N–H and O–H groups in total. The molecule has 2 heterocycles. The van der Waals surface area contributed by atoms with Gasteiger partial charge in [-0.15, -0.1) is 0 Å². The number of ether oxygens (including phenoxy) is 1. The van der Waals surface area contributed by atoms with Gasteiger partial charge in [0.25, 0.3) is 5.91 Å². The van der Waals surface area contributed by atoms with Crippen molar-refractivity contribution in [3.8, 4) is 0 Å². The molecule has 2 amide bonds. The molecule has 31 heavy (non-hydrogen) atoms. The lowest BCUT2D eigenvalue weighted by atomic mass is 10.0. The third kappa shape index (κ3) is 4.01. The maximum atomic E-state index is 13.0. The van der Waals surface area contributed by atoms with Crippen LogP contribution in [0.4, 0.5) is 0 Å². The number of hydrogen-bond donors (Lipinski definition) is 2. The normalized spacial score (nSPS) is 14.1. The van der Waals surface area contributed by atoms with E-state index in [1.165, 1.54) is 7.11 Å². The number of H-pyrrole nitrogens is 1. The summed E-state index contributed by atoms with van der Waals surface area (Å²) in [5.41, 5.74) is 3.73. The Morgan fingerprint density at radius 1 is 1.19 bits per heavy atom. The molecule has 1 aliphatic heterocycles. The Morgan fingerprint density at radius 2 is 1.97 bits per heavy atom. The number of fused-ring (bicyclic) bond motifs is 3. The first kappa shape index (κ1) is 20.9. The number of nitrogens with one attached hydrogen (secondary N) is 2. The minimum Gasteiger partial charge on any atom is -0.465 e. The average molecular weight is 440 g/mol. The van der Waals surface area contributed by atoms with Crippen LogP contribution in [0.2, 0.25) is 5.02 Å². The molecule has 3 aromatic rings. The molecule has 0 spiro atoms. The summed E-state index contributed by atoms with van der Waals surface area (Å²) in [6.07, 6.45) is 0.661. The number of methoxy groups -OCH3 is 1. The lowest BCUT2D eigenvalue weighted by molar-refractivity contribution is -0.133. The fourth-order valence-corrected chi connectivity index (χ4v) is 4.12. The molecule has 7 nitrogen and oxygen atoms in total. The van der Waals surface area contributed by atoms with Crippen LogP contribution in [0.25, 0.3) is 10.9 Å². The smallest absolute Gasteiger partial charge is 0.337 e. The minimum atomic E-state index is -0.707. The maximum Gasteiger partial charge on any atom is 0.337 e. The van der Waals surface area contributed by atoms with Crippen molar-refractivity contribution in [2.24, 2.45) is 0 Å². The van der Waals surface area contributed by atoms with Crippen LogP contribution in [0.3, 0.4) is 0 Å². The van der Waals surface area contributed by atoms with Gasteiger partial charge in [0.2, 0.25) is 5.91 Å². The quantitative estimate of drug-likeness (QED) is 0.610. The topological polar surface area (TPSA) is 91.5 Å². The van der Waals surface area contributed by atoms with Gasteiger partial charge in [-0.05, 0) is 37.3 Å². The number of amides is 2. The Morgan fingerprint density at radius 3 is 2.71 bits per heavy atom. The first-order valence-corrected chi connectivity index (χ1v) is 10.3. The van der Waals surface area contributed by atoms with Crippen molar-refractivity contribution in [1.82, 2.24) is 15.2 Å². The van der Waals surface area contributed by atoms with Crippen LogP contribution in [0.1, 0.15) is 38.9 Å². The predicted octanol–water partition coefficient (Wildman–Crippen LogP) is 3.31. The van der Waals surface area contributed by atoms with E-state index in [1.54, 1.807) is 48.2 Å². The molecule has 1 atom stereocenters. The molecule has 4 rings (SSSR count). The summed E-state index contributed by atoms with van der Waals surface area (Å²) in [5, 5.41) is 3.96. The number of esters is 1. The second-order valence-electron chi connectivity index (χ2n) is 7.52. The lowest BCUT2D eigenvalue weighted by Crippen LogP contribution is -2.48. The highest BCUT2D eigenvalue weighted by molar-refractivity contribution is 6.33. The zero-order valence-electron chi connectivity index (χ0n) is 17.2. The molecule has 1 aliphatic rings. The van der Waals surface area contributed by atoms with Crippen molar-refractivity contribution in [2.45, 2.75) is 25.9 Å². The number of aromatic nitrogens is 1. The van der Waals surface area contributed by atoms with E-state index in [0.717, 1.165) is 22.2 Å². The fourth-order valence-electron chi connectivity index (χ4n) is 3.90. The minimum absolute atomic E-state index is 0.176. The van der Waals surface area contributed by atoms with Crippen LogP contribution in [-0.4, -0.2) is 47.4 Å². The number of benzene rings is 2. The molecule has 1 unspecified atom stereocenters. The van der Waals surface area contributed by atoms with Crippen LogP contribution in [0, 0.1) is 0 Å². The van der Waals surface area contributed by atoms with E-state index in [1.807, 2.05) is 6.07 Å². The SMILES string of the molecule is COC(=O)c1ccc2[nH]c3c(c2c1)CN(C(=O)C(C)NC(=O)c1ccccc1Cl)CC3. The molecular formula is C23H22ClN3O4. The number of halogens is 1. The first-order valence-electron chi connectivity index (χ1n) is 9.95. The number of rotatable bonds is 4. The van der Waals surface area contributed by atoms with E-state index < -0.39 is 12.0 Å². The molecule has 0 radical (unpaired) electrons. The predicted molar refractivity (Wildman–Crippen MR) is 117 cm³/mol. The van der Waals surface area contributed by atoms with Gasteiger partial charge in [0.1, 0.15) is 6.04 Å². The van der Waals surface area contributed by atoms with E-state index in [0.29, 0.717) is 35.7 Å². The molecule has 160 valence electrons. The number of hydrogen-bond acceptors (Lipinski definition) is 4. The molecule has 0 fully saturated rings. The van der Waals surface area contributed by atoms with Crippen molar-refractivity contribution < 1.29 is 19.1 Å². The van der Waals surface area contributed by atoms with E-state index >= 15 is 0 Å². The van der Waals surface area contributed by atoms with Crippen molar-refractivity contribution in [1.29, 1.82) is 0 Å². The van der Waals surface area contributed by atoms with Gasteiger partial charge in [0.05, 0.1) is 23.3 Å². The van der Waals surface area contributed by atoms with Crippen LogP contribution < -0.4 is 5.32 Å². The number of carbonyl (C=O) groups is 3. The zero-order valence-corrected chi connectivity index (χ0v) is 18.0. The van der Waals surface area contributed by atoms with Crippen molar-refractivity contribution in [2.75, 3.05) is 13.7 Å². The molecule has 2 aromatic carbocycles. The lowest BCUT2D eigenvalue weighted by Gasteiger charge is -2.30. The van der Waals surface area contributed by atoms with Crippen LogP contribution in [0.5, 0.6) is 0 Å². The van der Waals surface area contributed by atoms with Gasteiger partial charge in [0, 0.05) is 41.7 Å². The van der Waals surface area contributed by atoms with Crippen molar-refractivity contribution >= 4 is 40.3 Å². The number of aromatic amines is 1. The summed E-state index contributed by atoms with van der Waals surface area (Å²) in [6, 6.07) is 11.4. The molecule has 0 aliphatic carbocycles. The van der Waals surface area contributed by atoms with Gasteiger partial charge in [0.15, 0.2) is 0 Å². The molecule has 0 saturated carbocycles. The van der Waals surface area contributed by atoms with Gasteiger partial charge in [-0.25, -0.2) is 4.79 Å². The van der Waals surface area contributed by atoms with E-state index in [2.05, 4.69) is 10.3 Å². The summed E-state index contributed by atoms with van der Waals surface area (Å²) >= 11 is 6.08. The monoisotopic (exact) mass is 439 g/mol. The average Bonchev–Trinajstić information content (AvgIpc) is 3.15. The fraction of sp³-hybridized carbons (Fsp3) is 0.261. The largest absolute Gasteiger partial charge is 0.465 e. The van der Waals surface area contributed by atoms with E-state index in [-0.39, 0.29) is 11.8 Å². The summed E-state index contributed by atoms with van der Waals surface area (Å²) in [5.74, 6) is -0.972. The summed E-state index contributed by atoms with van der Waals surface area (Å²) < 4.78 is 4.82. The Labute approximate surface area is 184 Å². The van der Waals surface area contributed by atoms with Crippen LogP contribution in [0.15, 0.2) is 42.5 Å². The molecule has 0 bridgehead atoms. The Kier molecular flexibility index (Phi) is 5.69. The summed E-state index contributed by atoms with van der Waals surface area (Å²) in [4.78, 5) is 42.5. The van der Waals surface area contributed by atoms with E-state index in [4.69, 9.17) is 16.3 Å². The highest BCUT2D eigenvalue weighted by Gasteiger charge is 2.28. The van der Waals surface area contributed by atoms with Crippen molar-refractivity contribution in [3.63, 3.8) is 0 Å². The molecule has 8 heteroatoms. The van der Waals surface area contributed by atoms with Gasteiger partial charge < -0.3 is 19.9 Å². The standard InChI is InChI=1S/C23H22ClN3O4/c1-13(25-21(28)15-5-3-4-6-18(15)24)22(29)27-10-9-20-17(12-27)16-11-14(23(30)31-2)7-8-19(16)26-20/h3-8,11,13,26H,9-10,12H2,1-2H3,(H,25,28).